The van der Waals surface area contributed by atoms with E-state index < -0.39 is 10.9 Å². The van der Waals surface area contributed by atoms with Crippen LogP contribution >= 0.6 is 11.6 Å². The molecule has 0 radical (unpaired) electrons. The highest BCUT2D eigenvalue weighted by molar-refractivity contribution is 6.31. The highest BCUT2D eigenvalue weighted by atomic mass is 35.5. The van der Waals surface area contributed by atoms with Gasteiger partial charge in [0.2, 0.25) is 0 Å². The van der Waals surface area contributed by atoms with Crippen molar-refractivity contribution in [3.8, 4) is 0 Å². The Hall–Kier alpha value is -1.66. The maximum atomic E-state index is 10.9. The Bertz CT molecular complexity index is 527. The first kappa shape index (κ1) is 14.7. The summed E-state index contributed by atoms with van der Waals surface area (Å²) >= 11 is 6.06. The molecular formula is C13H15ClN2O4. The molecule has 6 nitrogen and oxygen atoms in total. The lowest BCUT2D eigenvalue weighted by molar-refractivity contribution is -0.384. The molecular weight excluding hydrogens is 284 g/mol. The summed E-state index contributed by atoms with van der Waals surface area (Å²) in [6.07, 6.45) is 1.20. The number of carboxylic acids is 1. The number of rotatable bonds is 4. The third kappa shape index (κ3) is 3.46. The van der Waals surface area contributed by atoms with Gasteiger partial charge in [-0.25, -0.2) is 0 Å². The van der Waals surface area contributed by atoms with Crippen LogP contribution in [-0.2, 0) is 11.3 Å². The Kier molecular flexibility index (Phi) is 4.57. The first-order valence-electron chi connectivity index (χ1n) is 6.35. The van der Waals surface area contributed by atoms with Crippen LogP contribution in [0.15, 0.2) is 18.2 Å². The summed E-state index contributed by atoms with van der Waals surface area (Å²) in [6.45, 7) is 1.83. The number of carboxylic acid groups (broad SMARTS) is 1. The van der Waals surface area contributed by atoms with Gasteiger partial charge in [0.25, 0.3) is 5.69 Å². The number of benzene rings is 1. The lowest BCUT2D eigenvalue weighted by Gasteiger charge is -2.30. The van der Waals surface area contributed by atoms with Crippen molar-refractivity contribution in [3.63, 3.8) is 0 Å². The summed E-state index contributed by atoms with van der Waals surface area (Å²) in [7, 11) is 0. The number of likely N-dealkylation sites (tertiary alicyclic amines) is 1. The van der Waals surface area contributed by atoms with Crippen LogP contribution in [0.1, 0.15) is 18.4 Å². The van der Waals surface area contributed by atoms with E-state index in [9.17, 15) is 14.9 Å². The molecule has 1 aliphatic heterocycles. The average molecular weight is 299 g/mol. The second-order valence-corrected chi connectivity index (χ2v) is 5.33. The maximum Gasteiger partial charge on any atom is 0.306 e. The van der Waals surface area contributed by atoms with E-state index in [1.54, 1.807) is 0 Å². The number of nitrogens with zero attached hydrogens (tertiary/aromatic N) is 2. The molecule has 20 heavy (non-hydrogen) atoms. The minimum absolute atomic E-state index is 0.0184. The third-order valence-electron chi connectivity index (χ3n) is 3.57. The molecule has 0 aromatic heterocycles. The number of non-ortho nitro benzene ring substituents is 1. The van der Waals surface area contributed by atoms with Crippen LogP contribution in [0.4, 0.5) is 5.69 Å². The molecule has 1 saturated heterocycles. The number of hydrogen-bond donors (Lipinski definition) is 1. The van der Waals surface area contributed by atoms with E-state index in [2.05, 4.69) is 4.90 Å². The highest BCUT2D eigenvalue weighted by Crippen LogP contribution is 2.25. The Labute approximate surface area is 121 Å². The molecule has 0 spiro atoms. The number of piperidine rings is 1. The molecule has 0 atom stereocenters. The average Bonchev–Trinajstić information content (AvgIpc) is 2.41. The topological polar surface area (TPSA) is 83.7 Å². The van der Waals surface area contributed by atoms with Crippen molar-refractivity contribution in [1.29, 1.82) is 0 Å². The van der Waals surface area contributed by atoms with Gasteiger partial charge in [-0.05, 0) is 37.6 Å². The minimum atomic E-state index is -0.752. The van der Waals surface area contributed by atoms with Gasteiger partial charge in [-0.2, -0.15) is 0 Å². The van der Waals surface area contributed by atoms with E-state index in [1.807, 2.05) is 0 Å². The molecule has 1 heterocycles. The van der Waals surface area contributed by atoms with E-state index in [1.165, 1.54) is 18.2 Å². The number of nitro benzene ring substituents is 1. The quantitative estimate of drug-likeness (QED) is 0.682. The zero-order valence-corrected chi connectivity index (χ0v) is 11.5. The molecule has 1 aliphatic rings. The van der Waals surface area contributed by atoms with Crippen molar-refractivity contribution in [2.45, 2.75) is 19.4 Å². The maximum absolute atomic E-state index is 10.9. The van der Waals surface area contributed by atoms with Crippen molar-refractivity contribution in [2.24, 2.45) is 5.92 Å². The Morgan fingerprint density at radius 2 is 2.10 bits per heavy atom. The van der Waals surface area contributed by atoms with Gasteiger partial charge in [-0.3, -0.25) is 19.8 Å². The lowest BCUT2D eigenvalue weighted by atomic mass is 9.97. The molecule has 7 heteroatoms. The number of carbonyl (C=O) groups is 1. The van der Waals surface area contributed by atoms with Gasteiger partial charge in [-0.1, -0.05) is 11.6 Å². The normalized spacial score (nSPS) is 17.1. The molecule has 0 amide bonds. The van der Waals surface area contributed by atoms with Crippen molar-refractivity contribution in [1.82, 2.24) is 4.90 Å². The van der Waals surface area contributed by atoms with Gasteiger partial charge in [0.05, 0.1) is 10.8 Å². The van der Waals surface area contributed by atoms with Gasteiger partial charge in [0.15, 0.2) is 0 Å². The van der Waals surface area contributed by atoms with Gasteiger partial charge in [0.1, 0.15) is 0 Å². The van der Waals surface area contributed by atoms with Crippen molar-refractivity contribution < 1.29 is 14.8 Å². The predicted molar refractivity (Wildman–Crippen MR) is 73.7 cm³/mol. The minimum Gasteiger partial charge on any atom is -0.481 e. The Balaban J connectivity index is 2.02. The fourth-order valence-electron chi connectivity index (χ4n) is 2.37. The summed E-state index contributed by atoms with van der Waals surface area (Å²) in [4.78, 5) is 23.3. The van der Waals surface area contributed by atoms with Crippen LogP contribution in [0, 0.1) is 16.0 Å². The third-order valence-corrected chi connectivity index (χ3v) is 3.94. The number of aliphatic carboxylic acids is 1. The van der Waals surface area contributed by atoms with Crippen LogP contribution in [-0.4, -0.2) is 34.0 Å². The zero-order chi connectivity index (χ0) is 14.7. The van der Waals surface area contributed by atoms with E-state index in [0.717, 1.165) is 0 Å². The van der Waals surface area contributed by atoms with Crippen molar-refractivity contribution in [3.05, 3.63) is 38.9 Å². The first-order chi connectivity index (χ1) is 9.47. The molecule has 108 valence electrons. The summed E-state index contributed by atoms with van der Waals surface area (Å²) in [5.41, 5.74) is 0.722. The van der Waals surface area contributed by atoms with Gasteiger partial charge < -0.3 is 5.11 Å². The summed E-state index contributed by atoms with van der Waals surface area (Å²) in [5, 5.41) is 20.2. The van der Waals surface area contributed by atoms with E-state index in [4.69, 9.17) is 16.7 Å². The molecule has 2 rings (SSSR count). The van der Waals surface area contributed by atoms with Crippen LogP contribution in [0.5, 0.6) is 0 Å². The molecule has 0 bridgehead atoms. The van der Waals surface area contributed by atoms with Crippen LogP contribution < -0.4 is 0 Å². The van der Waals surface area contributed by atoms with Gasteiger partial charge in [-0.15, -0.1) is 0 Å². The summed E-state index contributed by atoms with van der Waals surface area (Å²) < 4.78 is 0. The van der Waals surface area contributed by atoms with E-state index in [0.29, 0.717) is 43.1 Å². The smallest absolute Gasteiger partial charge is 0.306 e. The first-order valence-corrected chi connectivity index (χ1v) is 6.73. The molecule has 1 aromatic rings. The second kappa shape index (κ2) is 6.19. The fraction of sp³-hybridized carbons (Fsp3) is 0.462. The molecule has 1 N–H and O–H groups in total. The Morgan fingerprint density at radius 3 is 2.65 bits per heavy atom. The highest BCUT2D eigenvalue weighted by Gasteiger charge is 2.25. The van der Waals surface area contributed by atoms with E-state index in [-0.39, 0.29) is 11.6 Å². The molecule has 1 aromatic carbocycles. The van der Waals surface area contributed by atoms with Crippen molar-refractivity contribution >= 4 is 23.3 Å². The van der Waals surface area contributed by atoms with E-state index >= 15 is 0 Å². The number of halogens is 1. The van der Waals surface area contributed by atoms with Gasteiger partial charge in [0, 0.05) is 23.7 Å². The molecule has 0 aliphatic carbocycles. The van der Waals surface area contributed by atoms with Crippen LogP contribution in [0.25, 0.3) is 0 Å². The molecule has 1 fully saturated rings. The SMILES string of the molecule is O=C(O)C1CCN(Cc2cc([N+](=O)[O-])ccc2Cl)CC1. The van der Waals surface area contributed by atoms with Gasteiger partial charge >= 0.3 is 5.97 Å². The van der Waals surface area contributed by atoms with Crippen LogP contribution in [0.3, 0.4) is 0 Å². The molecule has 0 unspecified atom stereocenters. The number of hydrogen-bond acceptors (Lipinski definition) is 4. The summed E-state index contributed by atoms with van der Waals surface area (Å²) in [5.74, 6) is -1.04. The fourth-order valence-corrected chi connectivity index (χ4v) is 2.55. The van der Waals surface area contributed by atoms with Crippen LogP contribution in [0.2, 0.25) is 5.02 Å². The predicted octanol–water partition coefficient (Wildman–Crippen LogP) is 2.54. The lowest BCUT2D eigenvalue weighted by Crippen LogP contribution is -2.35. The second-order valence-electron chi connectivity index (χ2n) is 4.92. The largest absolute Gasteiger partial charge is 0.481 e. The zero-order valence-electron chi connectivity index (χ0n) is 10.8. The monoisotopic (exact) mass is 298 g/mol. The number of nitro groups is 1. The Morgan fingerprint density at radius 1 is 1.45 bits per heavy atom. The van der Waals surface area contributed by atoms with Crippen molar-refractivity contribution in [2.75, 3.05) is 13.1 Å². The summed E-state index contributed by atoms with van der Waals surface area (Å²) in [6, 6.07) is 4.38. The molecule has 0 saturated carbocycles. The standard InChI is InChI=1S/C13H15ClN2O4/c14-12-2-1-11(16(19)20)7-10(12)8-15-5-3-9(4-6-15)13(17)18/h1-2,7,9H,3-6,8H2,(H,17,18).